The lowest BCUT2D eigenvalue weighted by Gasteiger charge is -2.11. The first kappa shape index (κ1) is 16.8. The van der Waals surface area contributed by atoms with Crippen molar-refractivity contribution in [3.8, 4) is 28.4 Å². The molecule has 0 fully saturated rings. The molecule has 8 heteroatoms. The molecule has 0 bridgehead atoms. The Bertz CT molecular complexity index is 1030. The van der Waals surface area contributed by atoms with E-state index in [0.29, 0.717) is 5.56 Å². The number of aromatic hydroxyl groups is 2. The van der Waals surface area contributed by atoms with Crippen LogP contribution in [0.3, 0.4) is 0 Å². The van der Waals surface area contributed by atoms with Gasteiger partial charge in [-0.05, 0) is 17.7 Å². The number of phenolic OH excluding ortho intramolecular Hbond substituents is 2. The predicted molar refractivity (Wildman–Crippen MR) is 92.8 cm³/mol. The van der Waals surface area contributed by atoms with Gasteiger partial charge in [0.15, 0.2) is 17.1 Å². The van der Waals surface area contributed by atoms with Gasteiger partial charge in [0.05, 0.1) is 17.7 Å². The minimum Gasteiger partial charge on any atom is -0.506 e. The molecule has 0 unspecified atom stereocenters. The van der Waals surface area contributed by atoms with Crippen LogP contribution in [0.15, 0.2) is 33.7 Å². The van der Waals surface area contributed by atoms with Crippen molar-refractivity contribution in [2.45, 2.75) is 0 Å². The van der Waals surface area contributed by atoms with E-state index in [2.05, 4.69) is 0 Å². The fourth-order valence-electron chi connectivity index (χ4n) is 2.31. The molecule has 0 aliphatic rings. The lowest BCUT2D eigenvalue weighted by molar-refractivity contribution is 0.408. The Morgan fingerprint density at radius 2 is 1.83 bits per heavy atom. The van der Waals surface area contributed by atoms with E-state index in [1.807, 2.05) is 0 Å². The fourth-order valence-corrected chi connectivity index (χ4v) is 3.12. The average molecular weight is 388 g/mol. The lowest BCUT2D eigenvalue weighted by Crippen LogP contribution is -2.06. The Morgan fingerprint density at radius 3 is 2.46 bits per heavy atom. The average Bonchev–Trinajstić information content (AvgIpc) is 2.56. The van der Waals surface area contributed by atoms with Crippen LogP contribution in [0.2, 0.25) is 15.1 Å². The largest absolute Gasteiger partial charge is 0.506 e. The van der Waals surface area contributed by atoms with Crippen LogP contribution in [0.5, 0.6) is 17.2 Å². The molecule has 0 radical (unpaired) electrons. The van der Waals surface area contributed by atoms with Crippen molar-refractivity contribution >= 4 is 45.8 Å². The summed E-state index contributed by atoms with van der Waals surface area (Å²) in [6.45, 7) is 0. The maximum Gasteiger partial charge on any atom is 0.204 e. The van der Waals surface area contributed by atoms with Crippen molar-refractivity contribution < 1.29 is 19.4 Å². The summed E-state index contributed by atoms with van der Waals surface area (Å²) in [5, 5.41) is 19.4. The van der Waals surface area contributed by atoms with Gasteiger partial charge in [-0.1, -0.05) is 40.9 Å². The topological polar surface area (TPSA) is 79.9 Å². The molecule has 24 heavy (non-hydrogen) atoms. The Kier molecular flexibility index (Phi) is 4.25. The third kappa shape index (κ3) is 2.45. The predicted octanol–water partition coefficient (Wildman–Crippen LogP) is 4.84. The molecule has 0 aliphatic carbocycles. The first-order valence-corrected chi connectivity index (χ1v) is 7.68. The van der Waals surface area contributed by atoms with Gasteiger partial charge in [0.1, 0.15) is 27.4 Å². The van der Waals surface area contributed by atoms with E-state index in [1.165, 1.54) is 31.6 Å². The lowest BCUT2D eigenvalue weighted by atomic mass is 10.0. The van der Waals surface area contributed by atoms with Crippen LogP contribution in [0.25, 0.3) is 22.1 Å². The standard InChI is InChI=1S/C16H9Cl3O5/c1-23-16-11(18)14(22)10-13(21)7(5-24-15(10)12(16)19)6-2-3-9(20)8(17)4-6/h2-5,20,22H,1H3. The number of methoxy groups -OCH3 is 1. The van der Waals surface area contributed by atoms with Gasteiger partial charge >= 0.3 is 0 Å². The summed E-state index contributed by atoms with van der Waals surface area (Å²) in [6.07, 6.45) is 1.19. The van der Waals surface area contributed by atoms with Crippen molar-refractivity contribution in [1.29, 1.82) is 0 Å². The summed E-state index contributed by atoms with van der Waals surface area (Å²) >= 11 is 18.0. The maximum absolute atomic E-state index is 12.8. The maximum atomic E-state index is 12.8. The molecule has 1 aromatic heterocycles. The highest BCUT2D eigenvalue weighted by Crippen LogP contribution is 2.45. The second kappa shape index (κ2) is 6.09. The van der Waals surface area contributed by atoms with Crippen LogP contribution in [-0.4, -0.2) is 17.3 Å². The number of rotatable bonds is 2. The van der Waals surface area contributed by atoms with Crippen molar-refractivity contribution in [3.05, 3.63) is 49.8 Å². The quantitative estimate of drug-likeness (QED) is 0.657. The normalized spacial score (nSPS) is 11.0. The first-order chi connectivity index (χ1) is 11.4. The number of halogens is 3. The van der Waals surface area contributed by atoms with E-state index in [4.69, 9.17) is 44.0 Å². The van der Waals surface area contributed by atoms with E-state index in [9.17, 15) is 15.0 Å². The van der Waals surface area contributed by atoms with E-state index in [1.54, 1.807) is 0 Å². The van der Waals surface area contributed by atoms with Gasteiger partial charge in [-0.15, -0.1) is 0 Å². The number of benzene rings is 2. The third-order valence-electron chi connectivity index (χ3n) is 3.50. The summed E-state index contributed by atoms with van der Waals surface area (Å²) in [5.74, 6) is -0.607. The Labute approximate surface area is 150 Å². The molecular formula is C16H9Cl3O5. The molecule has 3 rings (SSSR count). The monoisotopic (exact) mass is 386 g/mol. The summed E-state index contributed by atoms with van der Waals surface area (Å²) < 4.78 is 10.4. The zero-order valence-electron chi connectivity index (χ0n) is 12.1. The summed E-state index contributed by atoms with van der Waals surface area (Å²) in [6, 6.07) is 4.23. The van der Waals surface area contributed by atoms with Crippen molar-refractivity contribution in [3.63, 3.8) is 0 Å². The van der Waals surface area contributed by atoms with Crippen LogP contribution in [0.1, 0.15) is 0 Å². The van der Waals surface area contributed by atoms with Crippen molar-refractivity contribution in [2.24, 2.45) is 0 Å². The Morgan fingerprint density at radius 1 is 1.12 bits per heavy atom. The van der Waals surface area contributed by atoms with Crippen molar-refractivity contribution in [2.75, 3.05) is 7.11 Å². The van der Waals surface area contributed by atoms with Gasteiger partial charge in [0, 0.05) is 0 Å². The van der Waals surface area contributed by atoms with Gasteiger partial charge in [-0.2, -0.15) is 0 Å². The zero-order valence-corrected chi connectivity index (χ0v) is 14.3. The van der Waals surface area contributed by atoms with Crippen molar-refractivity contribution in [1.82, 2.24) is 0 Å². The SMILES string of the molecule is COc1c(Cl)c(O)c2c(=O)c(-c3ccc(O)c(Cl)c3)coc2c1Cl. The second-order valence-electron chi connectivity index (χ2n) is 4.86. The van der Waals surface area contributed by atoms with Gasteiger partial charge in [-0.3, -0.25) is 4.79 Å². The van der Waals surface area contributed by atoms with Crippen LogP contribution < -0.4 is 10.2 Å². The zero-order chi connectivity index (χ0) is 17.6. The molecule has 0 saturated heterocycles. The highest BCUT2D eigenvalue weighted by molar-refractivity contribution is 6.42. The Balaban J connectivity index is 2.38. The van der Waals surface area contributed by atoms with E-state index >= 15 is 0 Å². The third-order valence-corrected chi connectivity index (χ3v) is 4.50. The molecule has 124 valence electrons. The van der Waals surface area contributed by atoms with Crippen LogP contribution in [0, 0.1) is 0 Å². The minimum absolute atomic E-state index is 0.00640. The molecular weight excluding hydrogens is 379 g/mol. The number of phenols is 2. The summed E-state index contributed by atoms with van der Waals surface area (Å²) in [7, 11) is 1.32. The van der Waals surface area contributed by atoms with Gasteiger partial charge in [0.2, 0.25) is 5.43 Å². The van der Waals surface area contributed by atoms with Crippen LogP contribution >= 0.6 is 34.8 Å². The minimum atomic E-state index is -0.554. The van der Waals surface area contributed by atoms with E-state index in [0.717, 1.165) is 0 Å². The molecule has 0 saturated carbocycles. The van der Waals surface area contributed by atoms with Gasteiger partial charge in [0.25, 0.3) is 0 Å². The molecule has 0 aliphatic heterocycles. The molecule has 2 aromatic carbocycles. The molecule has 2 N–H and O–H groups in total. The highest BCUT2D eigenvalue weighted by atomic mass is 35.5. The Hall–Kier alpha value is -2.08. The molecule has 5 nitrogen and oxygen atoms in total. The number of fused-ring (bicyclic) bond motifs is 1. The van der Waals surface area contributed by atoms with Crippen LogP contribution in [-0.2, 0) is 0 Å². The first-order valence-electron chi connectivity index (χ1n) is 6.55. The molecule has 3 aromatic rings. The highest BCUT2D eigenvalue weighted by Gasteiger charge is 2.23. The molecule has 0 amide bonds. The number of hydrogen-bond acceptors (Lipinski definition) is 5. The fraction of sp³-hybridized carbons (Fsp3) is 0.0625. The van der Waals surface area contributed by atoms with E-state index in [-0.39, 0.29) is 43.1 Å². The smallest absolute Gasteiger partial charge is 0.204 e. The second-order valence-corrected chi connectivity index (χ2v) is 6.02. The molecule has 0 atom stereocenters. The van der Waals surface area contributed by atoms with Gasteiger partial charge in [-0.25, -0.2) is 0 Å². The molecule has 0 spiro atoms. The summed E-state index contributed by atoms with van der Waals surface area (Å²) in [4.78, 5) is 12.8. The number of ether oxygens (including phenoxy) is 1. The summed E-state index contributed by atoms with van der Waals surface area (Å²) in [5.41, 5.74) is -0.0797. The van der Waals surface area contributed by atoms with E-state index < -0.39 is 11.2 Å². The molecule has 1 heterocycles. The van der Waals surface area contributed by atoms with Gasteiger partial charge < -0.3 is 19.4 Å². The van der Waals surface area contributed by atoms with Crippen LogP contribution in [0.4, 0.5) is 0 Å². The number of hydrogen-bond donors (Lipinski definition) is 2.